The molecule has 0 aliphatic heterocycles. The second-order valence-corrected chi connectivity index (χ2v) is 6.03. The van der Waals surface area contributed by atoms with Gasteiger partial charge in [0.25, 0.3) is 0 Å². The third-order valence-corrected chi connectivity index (χ3v) is 4.87. The van der Waals surface area contributed by atoms with Crippen molar-refractivity contribution in [2.75, 3.05) is 0 Å². The summed E-state index contributed by atoms with van der Waals surface area (Å²) in [5.41, 5.74) is 1.20. The standard InChI is InChI=1S/C17H20OSi/c1-3-5-13-17(4-2,19-18)16-12-8-10-14-9-6-7-11-15(14)16/h4,6-12,18H,2-3,5,13H2,1H3. The van der Waals surface area contributed by atoms with Gasteiger partial charge in [-0.1, -0.05) is 68.3 Å². The van der Waals surface area contributed by atoms with Gasteiger partial charge < -0.3 is 4.80 Å². The van der Waals surface area contributed by atoms with Crippen LogP contribution >= 0.6 is 0 Å². The molecule has 1 nitrogen and oxygen atoms in total. The molecule has 2 radical (unpaired) electrons. The summed E-state index contributed by atoms with van der Waals surface area (Å²) in [4.78, 5) is 9.97. The summed E-state index contributed by atoms with van der Waals surface area (Å²) in [7, 11) is -0.148. The van der Waals surface area contributed by atoms with Crippen LogP contribution in [0.4, 0.5) is 0 Å². The van der Waals surface area contributed by atoms with Gasteiger partial charge in [0.1, 0.15) is 0 Å². The Kier molecular flexibility index (Phi) is 4.56. The second-order valence-electron chi connectivity index (χ2n) is 4.92. The van der Waals surface area contributed by atoms with Crippen molar-refractivity contribution >= 4 is 20.5 Å². The molecule has 0 aliphatic carbocycles. The molecule has 1 unspecified atom stereocenters. The summed E-state index contributed by atoms with van der Waals surface area (Å²) in [5.74, 6) is 0. The zero-order valence-corrected chi connectivity index (χ0v) is 12.4. The zero-order chi connectivity index (χ0) is 13.7. The molecule has 2 rings (SSSR count). The first-order valence-corrected chi connectivity index (χ1v) is 7.75. The molecule has 0 amide bonds. The van der Waals surface area contributed by atoms with E-state index in [1.807, 2.05) is 6.08 Å². The lowest BCUT2D eigenvalue weighted by Crippen LogP contribution is -2.31. The molecule has 0 fully saturated rings. The van der Waals surface area contributed by atoms with Crippen LogP contribution in [-0.2, 0) is 5.04 Å². The Morgan fingerprint density at radius 3 is 2.63 bits per heavy atom. The molecule has 0 saturated heterocycles. The number of fused-ring (bicyclic) bond motifs is 1. The number of rotatable bonds is 6. The first-order chi connectivity index (χ1) is 9.27. The Hall–Kier alpha value is -1.38. The quantitative estimate of drug-likeness (QED) is 0.619. The third-order valence-electron chi connectivity index (χ3n) is 3.74. The average molecular weight is 268 g/mol. The topological polar surface area (TPSA) is 20.2 Å². The maximum atomic E-state index is 9.97. The van der Waals surface area contributed by atoms with E-state index < -0.39 is 0 Å². The summed E-state index contributed by atoms with van der Waals surface area (Å²) in [6, 6.07) is 14.7. The van der Waals surface area contributed by atoms with Gasteiger partial charge in [0.05, 0.1) is 0 Å². The highest BCUT2D eigenvalue weighted by atomic mass is 28.2. The van der Waals surface area contributed by atoms with E-state index in [0.29, 0.717) is 0 Å². The summed E-state index contributed by atoms with van der Waals surface area (Å²) < 4.78 is 0. The summed E-state index contributed by atoms with van der Waals surface area (Å²) >= 11 is 0. The molecule has 1 atom stereocenters. The predicted molar refractivity (Wildman–Crippen MR) is 83.3 cm³/mol. The number of hydrogen-bond acceptors (Lipinski definition) is 1. The number of benzene rings is 2. The van der Waals surface area contributed by atoms with Crippen molar-refractivity contribution in [1.29, 1.82) is 0 Å². The molecule has 0 bridgehead atoms. The van der Waals surface area contributed by atoms with Crippen molar-refractivity contribution in [2.24, 2.45) is 0 Å². The molecule has 0 aromatic heterocycles. The SMILES string of the molecule is C=CC(CCCC)([Si]O)c1cccc2ccccc12. The normalized spacial score (nSPS) is 14.2. The average Bonchev–Trinajstić information content (AvgIpc) is 2.49. The van der Waals surface area contributed by atoms with Crippen LogP contribution in [0.1, 0.15) is 31.7 Å². The first kappa shape index (κ1) is 14.0. The Labute approximate surface area is 117 Å². The van der Waals surface area contributed by atoms with E-state index in [-0.39, 0.29) is 14.8 Å². The van der Waals surface area contributed by atoms with E-state index in [1.54, 1.807) is 0 Å². The predicted octanol–water partition coefficient (Wildman–Crippen LogP) is 4.02. The molecule has 0 aliphatic rings. The molecule has 2 heteroatoms. The Balaban J connectivity index is 2.58. The Morgan fingerprint density at radius 2 is 1.95 bits per heavy atom. The van der Waals surface area contributed by atoms with Gasteiger partial charge in [-0.25, -0.2) is 0 Å². The van der Waals surface area contributed by atoms with Crippen molar-refractivity contribution in [3.8, 4) is 0 Å². The van der Waals surface area contributed by atoms with Gasteiger partial charge in [0, 0.05) is 5.04 Å². The monoisotopic (exact) mass is 268 g/mol. The van der Waals surface area contributed by atoms with Crippen LogP contribution in [0.15, 0.2) is 55.1 Å². The van der Waals surface area contributed by atoms with Crippen LogP contribution in [0.2, 0.25) is 0 Å². The minimum atomic E-state index is -0.295. The molecule has 2 aromatic carbocycles. The number of hydrogen-bond donors (Lipinski definition) is 1. The molecule has 0 spiro atoms. The van der Waals surface area contributed by atoms with Crippen molar-refractivity contribution in [1.82, 2.24) is 0 Å². The fraction of sp³-hybridized carbons (Fsp3) is 0.294. The van der Waals surface area contributed by atoms with Crippen molar-refractivity contribution in [3.05, 3.63) is 60.7 Å². The maximum absolute atomic E-state index is 9.97. The van der Waals surface area contributed by atoms with Gasteiger partial charge in [-0.2, -0.15) is 0 Å². The van der Waals surface area contributed by atoms with Gasteiger partial charge in [0.2, 0.25) is 9.76 Å². The van der Waals surface area contributed by atoms with Gasteiger partial charge in [-0.3, -0.25) is 0 Å². The summed E-state index contributed by atoms with van der Waals surface area (Å²) in [6.07, 6.45) is 5.12. The highest BCUT2D eigenvalue weighted by molar-refractivity contribution is 6.32. The molecular formula is C17H20OSi. The van der Waals surface area contributed by atoms with E-state index in [2.05, 4.69) is 56.0 Å². The second kappa shape index (κ2) is 6.18. The first-order valence-electron chi connectivity index (χ1n) is 6.80. The molecule has 1 N–H and O–H groups in total. The Bertz CT molecular complexity index is 559. The van der Waals surface area contributed by atoms with Crippen LogP contribution in [-0.4, -0.2) is 14.6 Å². The van der Waals surface area contributed by atoms with E-state index in [4.69, 9.17) is 0 Å². The van der Waals surface area contributed by atoms with Crippen LogP contribution < -0.4 is 0 Å². The molecule has 0 heterocycles. The minimum absolute atomic E-state index is 0.148. The van der Waals surface area contributed by atoms with Crippen molar-refractivity contribution < 1.29 is 4.80 Å². The molecule has 2 aromatic rings. The fourth-order valence-corrected chi connectivity index (χ4v) is 3.30. The lowest BCUT2D eigenvalue weighted by molar-refractivity contribution is 0.515. The highest BCUT2D eigenvalue weighted by Crippen LogP contribution is 2.34. The molecular weight excluding hydrogens is 248 g/mol. The van der Waals surface area contributed by atoms with E-state index in [0.717, 1.165) is 19.3 Å². The van der Waals surface area contributed by atoms with Crippen LogP contribution in [0.3, 0.4) is 0 Å². The lowest BCUT2D eigenvalue weighted by atomic mass is 9.88. The van der Waals surface area contributed by atoms with Gasteiger partial charge in [-0.05, 0) is 22.8 Å². The zero-order valence-electron chi connectivity index (χ0n) is 11.4. The smallest absolute Gasteiger partial charge is 0.240 e. The van der Waals surface area contributed by atoms with Gasteiger partial charge in [0.15, 0.2) is 0 Å². The van der Waals surface area contributed by atoms with E-state index in [1.165, 1.54) is 16.3 Å². The van der Waals surface area contributed by atoms with E-state index in [9.17, 15) is 4.80 Å². The van der Waals surface area contributed by atoms with Crippen molar-refractivity contribution in [3.63, 3.8) is 0 Å². The molecule has 0 saturated carbocycles. The van der Waals surface area contributed by atoms with Crippen molar-refractivity contribution in [2.45, 2.75) is 31.2 Å². The van der Waals surface area contributed by atoms with Crippen LogP contribution in [0.5, 0.6) is 0 Å². The highest BCUT2D eigenvalue weighted by Gasteiger charge is 2.30. The molecule has 98 valence electrons. The lowest BCUT2D eigenvalue weighted by Gasteiger charge is -2.29. The Morgan fingerprint density at radius 1 is 1.21 bits per heavy atom. The van der Waals surface area contributed by atoms with Gasteiger partial charge in [-0.15, -0.1) is 6.58 Å². The third kappa shape index (κ3) is 2.65. The molecule has 19 heavy (non-hydrogen) atoms. The number of unbranched alkanes of at least 4 members (excludes halogenated alkanes) is 1. The fourth-order valence-electron chi connectivity index (χ4n) is 2.58. The number of allylic oxidation sites excluding steroid dienone is 1. The van der Waals surface area contributed by atoms with E-state index >= 15 is 0 Å². The van der Waals surface area contributed by atoms with Crippen LogP contribution in [0.25, 0.3) is 10.8 Å². The summed E-state index contributed by atoms with van der Waals surface area (Å²) in [6.45, 7) is 6.17. The maximum Gasteiger partial charge on any atom is 0.240 e. The minimum Gasteiger partial charge on any atom is -0.431 e. The largest absolute Gasteiger partial charge is 0.431 e. The van der Waals surface area contributed by atoms with Gasteiger partial charge >= 0.3 is 0 Å². The summed E-state index contributed by atoms with van der Waals surface area (Å²) in [5, 5.41) is 2.15. The van der Waals surface area contributed by atoms with Crippen LogP contribution in [0, 0.1) is 0 Å².